The molecule has 0 aliphatic rings. The summed E-state index contributed by atoms with van der Waals surface area (Å²) in [5.74, 6) is 0.0618. The number of halogens is 1. The van der Waals surface area contributed by atoms with Gasteiger partial charge in [-0.25, -0.2) is 4.98 Å². The van der Waals surface area contributed by atoms with Crippen molar-refractivity contribution in [3.8, 4) is 0 Å². The molecule has 1 heterocycles. The van der Waals surface area contributed by atoms with E-state index in [4.69, 9.17) is 0 Å². The molecule has 1 amide bonds. The number of likely N-dealkylation sites (N-methyl/N-ethyl adjacent to an activating group) is 2. The average Bonchev–Trinajstić information content (AvgIpc) is 2.35. The Morgan fingerprint density at radius 2 is 2.16 bits per heavy atom. The van der Waals surface area contributed by atoms with Gasteiger partial charge in [0.1, 0.15) is 0 Å². The molecule has 0 aromatic carbocycles. The number of amides is 1. The zero-order valence-corrected chi connectivity index (χ0v) is 12.5. The average molecular weight is 331 g/mol. The number of carbonyl (C=O) groups is 1. The monoisotopic (exact) mass is 330 g/mol. The fourth-order valence-corrected chi connectivity index (χ4v) is 1.76. The van der Waals surface area contributed by atoms with Crippen LogP contribution in [0.5, 0.6) is 0 Å². The first kappa shape index (κ1) is 15.4. The number of aromatic nitrogens is 1. The third-order valence-electron chi connectivity index (χ3n) is 2.52. The molecule has 0 aliphatic heterocycles. The first-order valence-electron chi connectivity index (χ1n) is 5.61. The first-order chi connectivity index (χ1) is 8.86. The number of pyridine rings is 1. The van der Waals surface area contributed by atoms with E-state index < -0.39 is 4.92 Å². The normalized spacial score (nSPS) is 10.1. The second kappa shape index (κ2) is 6.46. The topological polar surface area (TPSA) is 79.6 Å². The molecule has 8 heteroatoms. The van der Waals surface area contributed by atoms with Crippen LogP contribution in [0.3, 0.4) is 0 Å². The maximum atomic E-state index is 11.7. The van der Waals surface area contributed by atoms with Gasteiger partial charge in [0.25, 0.3) is 0 Å². The molecule has 0 fully saturated rings. The van der Waals surface area contributed by atoms with Crippen molar-refractivity contribution in [1.29, 1.82) is 0 Å². The highest BCUT2D eigenvalue weighted by molar-refractivity contribution is 9.10. The SMILES string of the molecule is CCN(CC(=O)N(C)C)c1ncc(Br)cc1[N+](=O)[O-]. The van der Waals surface area contributed by atoms with Gasteiger partial charge in [-0.2, -0.15) is 0 Å². The molecule has 0 unspecified atom stereocenters. The van der Waals surface area contributed by atoms with Crippen molar-refractivity contribution < 1.29 is 9.72 Å². The second-order valence-corrected chi connectivity index (χ2v) is 4.97. The maximum absolute atomic E-state index is 11.7. The number of nitrogens with zero attached hydrogens (tertiary/aromatic N) is 4. The number of carbonyl (C=O) groups excluding carboxylic acids is 1. The van der Waals surface area contributed by atoms with E-state index in [1.54, 1.807) is 19.0 Å². The number of hydrogen-bond donors (Lipinski definition) is 0. The number of rotatable bonds is 5. The van der Waals surface area contributed by atoms with E-state index in [2.05, 4.69) is 20.9 Å². The van der Waals surface area contributed by atoms with E-state index >= 15 is 0 Å². The van der Waals surface area contributed by atoms with Gasteiger partial charge in [-0.15, -0.1) is 0 Å². The first-order valence-corrected chi connectivity index (χ1v) is 6.41. The fourth-order valence-electron chi connectivity index (χ4n) is 1.44. The van der Waals surface area contributed by atoms with Crippen molar-refractivity contribution >= 4 is 33.3 Å². The Balaban J connectivity index is 3.11. The number of hydrogen-bond acceptors (Lipinski definition) is 5. The van der Waals surface area contributed by atoms with Gasteiger partial charge < -0.3 is 9.80 Å². The largest absolute Gasteiger partial charge is 0.347 e. The molecule has 0 aliphatic carbocycles. The summed E-state index contributed by atoms with van der Waals surface area (Å²) in [6.07, 6.45) is 1.48. The Labute approximate surface area is 119 Å². The van der Waals surface area contributed by atoms with Crippen LogP contribution in [-0.2, 0) is 4.79 Å². The number of nitro groups is 1. The maximum Gasteiger partial charge on any atom is 0.312 e. The van der Waals surface area contributed by atoms with Crippen LogP contribution in [0.4, 0.5) is 11.5 Å². The van der Waals surface area contributed by atoms with Gasteiger partial charge in [-0.05, 0) is 22.9 Å². The Morgan fingerprint density at radius 1 is 1.53 bits per heavy atom. The summed E-state index contributed by atoms with van der Waals surface area (Å²) in [5, 5.41) is 11.0. The molecule has 0 radical (unpaired) electrons. The van der Waals surface area contributed by atoms with Crippen LogP contribution >= 0.6 is 15.9 Å². The minimum atomic E-state index is -0.504. The third kappa shape index (κ3) is 3.88. The molecule has 0 spiro atoms. The molecule has 1 rings (SSSR count). The van der Waals surface area contributed by atoms with Crippen LogP contribution in [0.25, 0.3) is 0 Å². The minimum Gasteiger partial charge on any atom is -0.347 e. The predicted molar refractivity (Wildman–Crippen MR) is 75.2 cm³/mol. The summed E-state index contributed by atoms with van der Waals surface area (Å²) in [6, 6.07) is 1.38. The Bertz CT molecular complexity index is 493. The van der Waals surface area contributed by atoms with Gasteiger partial charge >= 0.3 is 5.69 Å². The van der Waals surface area contributed by atoms with Crippen LogP contribution in [0.1, 0.15) is 6.92 Å². The molecule has 7 nitrogen and oxygen atoms in total. The van der Waals surface area contributed by atoms with Gasteiger partial charge in [0.2, 0.25) is 11.7 Å². The summed E-state index contributed by atoms with van der Waals surface area (Å²) >= 11 is 3.15. The van der Waals surface area contributed by atoms with Crippen molar-refractivity contribution in [3.05, 3.63) is 26.9 Å². The second-order valence-electron chi connectivity index (χ2n) is 4.06. The summed E-state index contributed by atoms with van der Waals surface area (Å²) in [4.78, 5) is 29.3. The van der Waals surface area contributed by atoms with E-state index in [0.717, 1.165) is 0 Å². The molecule has 104 valence electrons. The molecule has 19 heavy (non-hydrogen) atoms. The van der Waals surface area contributed by atoms with E-state index in [0.29, 0.717) is 11.0 Å². The third-order valence-corrected chi connectivity index (χ3v) is 2.95. The van der Waals surface area contributed by atoms with Gasteiger partial charge in [-0.3, -0.25) is 14.9 Å². The zero-order chi connectivity index (χ0) is 14.6. The van der Waals surface area contributed by atoms with Crippen molar-refractivity contribution in [2.75, 3.05) is 32.1 Å². The Hall–Kier alpha value is -1.70. The van der Waals surface area contributed by atoms with Gasteiger partial charge in [0.05, 0.1) is 11.5 Å². The summed E-state index contributed by atoms with van der Waals surface area (Å²) in [7, 11) is 3.28. The van der Waals surface area contributed by atoms with Crippen molar-refractivity contribution in [2.45, 2.75) is 6.92 Å². The van der Waals surface area contributed by atoms with Crippen molar-refractivity contribution in [1.82, 2.24) is 9.88 Å². The smallest absolute Gasteiger partial charge is 0.312 e. The van der Waals surface area contributed by atoms with Crippen LogP contribution in [-0.4, -0.2) is 47.9 Å². The molecule has 0 atom stereocenters. The highest BCUT2D eigenvalue weighted by Gasteiger charge is 2.22. The van der Waals surface area contributed by atoms with Crippen molar-refractivity contribution in [3.63, 3.8) is 0 Å². The summed E-state index contributed by atoms with van der Waals surface area (Å²) in [6.45, 7) is 2.32. The van der Waals surface area contributed by atoms with E-state index in [9.17, 15) is 14.9 Å². The predicted octanol–water partition coefficient (Wildman–Crippen LogP) is 1.67. The highest BCUT2D eigenvalue weighted by atomic mass is 79.9. The zero-order valence-electron chi connectivity index (χ0n) is 11.0. The van der Waals surface area contributed by atoms with Crippen LogP contribution in [0, 0.1) is 10.1 Å². The molecule has 1 aromatic rings. The van der Waals surface area contributed by atoms with E-state index in [-0.39, 0.29) is 24.0 Å². The Kier molecular flexibility index (Phi) is 5.22. The fraction of sp³-hybridized carbons (Fsp3) is 0.455. The molecule has 0 N–H and O–H groups in total. The van der Waals surface area contributed by atoms with E-state index in [1.165, 1.54) is 17.2 Å². The highest BCUT2D eigenvalue weighted by Crippen LogP contribution is 2.28. The van der Waals surface area contributed by atoms with Crippen LogP contribution in [0.2, 0.25) is 0 Å². The molecule has 0 saturated heterocycles. The summed E-state index contributed by atoms with van der Waals surface area (Å²) in [5.41, 5.74) is -0.122. The van der Waals surface area contributed by atoms with Gasteiger partial charge in [0.15, 0.2) is 0 Å². The summed E-state index contributed by atoms with van der Waals surface area (Å²) < 4.78 is 0.526. The lowest BCUT2D eigenvalue weighted by Gasteiger charge is -2.22. The molecule has 1 aromatic heterocycles. The number of anilines is 1. The molecular weight excluding hydrogens is 316 g/mol. The van der Waals surface area contributed by atoms with Gasteiger partial charge in [0, 0.05) is 37.4 Å². The molecule has 0 saturated carbocycles. The van der Waals surface area contributed by atoms with Crippen LogP contribution < -0.4 is 4.90 Å². The molecule has 0 bridgehead atoms. The lowest BCUT2D eigenvalue weighted by Crippen LogP contribution is -2.37. The minimum absolute atomic E-state index is 0.0545. The standard InChI is InChI=1S/C11H15BrN4O3/c1-4-15(7-10(17)14(2)3)11-9(16(18)19)5-8(12)6-13-11/h5-6H,4,7H2,1-3H3. The van der Waals surface area contributed by atoms with Gasteiger partial charge in [-0.1, -0.05) is 0 Å². The Morgan fingerprint density at radius 3 is 2.63 bits per heavy atom. The van der Waals surface area contributed by atoms with Crippen molar-refractivity contribution in [2.24, 2.45) is 0 Å². The lowest BCUT2D eigenvalue weighted by atomic mass is 10.3. The quantitative estimate of drug-likeness (QED) is 0.606. The lowest BCUT2D eigenvalue weighted by molar-refractivity contribution is -0.384. The van der Waals surface area contributed by atoms with Crippen LogP contribution in [0.15, 0.2) is 16.7 Å². The van der Waals surface area contributed by atoms with E-state index in [1.807, 2.05) is 6.92 Å². The molecular formula is C11H15BrN4O3.